The summed E-state index contributed by atoms with van der Waals surface area (Å²) in [6.45, 7) is 9.12. The molecule has 10 aromatic rings. The van der Waals surface area contributed by atoms with Crippen molar-refractivity contribution < 1.29 is 0 Å². The molecule has 0 atom stereocenters. The number of nitrogens with one attached hydrogen (secondary N) is 1. The Kier molecular flexibility index (Phi) is 8.60. The number of aromatic nitrogens is 2. The highest BCUT2D eigenvalue weighted by atomic mass is 15.2. The van der Waals surface area contributed by atoms with Crippen molar-refractivity contribution in [1.29, 1.82) is 0 Å². The second-order valence-corrected chi connectivity index (χ2v) is 16.3. The van der Waals surface area contributed by atoms with Crippen LogP contribution < -0.4 is 4.90 Å². The zero-order chi connectivity index (χ0) is 41.1. The number of hydrogen-bond acceptors (Lipinski definition) is 2. The zero-order valence-electron chi connectivity index (χ0n) is 34.0. The van der Waals surface area contributed by atoms with E-state index < -0.39 is 0 Å². The van der Waals surface area contributed by atoms with Crippen molar-refractivity contribution in [3.8, 4) is 5.69 Å². The molecule has 0 amide bonds. The standard InChI is InChI=1S/C55H42N6/c1-55(2)45-31-43-41-26-13-15-28-47(41)58-48(43)34-52(45)60(39-23-11-6-12-24-39)51-32-44-42-27-14-16-29-49(42)61(50(44)33-46(51)55)40-25-17-22-38(30-40)54(57-35-36-18-7-4-8-19-36)59-53(56-3)37-20-9-5-10-21-37/h4-34,58H,3,35H2,1-2H3/b57-54-,59-53-. The van der Waals surface area contributed by atoms with Crippen LogP contribution in [0.25, 0.3) is 49.3 Å². The Morgan fingerprint density at radius 2 is 1.16 bits per heavy atom. The predicted molar refractivity (Wildman–Crippen MR) is 256 cm³/mol. The third kappa shape index (κ3) is 6.06. The number of amidine groups is 2. The number of aromatic amines is 1. The van der Waals surface area contributed by atoms with Gasteiger partial charge in [-0.2, -0.15) is 0 Å². The first-order valence-corrected chi connectivity index (χ1v) is 20.7. The predicted octanol–water partition coefficient (Wildman–Crippen LogP) is 13.6. The fourth-order valence-corrected chi connectivity index (χ4v) is 9.27. The lowest BCUT2D eigenvalue weighted by Crippen LogP contribution is -2.30. The summed E-state index contributed by atoms with van der Waals surface area (Å²) in [6, 6.07) is 66.5. The van der Waals surface area contributed by atoms with E-state index in [0.717, 1.165) is 50.1 Å². The first kappa shape index (κ1) is 36.3. The van der Waals surface area contributed by atoms with E-state index >= 15 is 0 Å². The molecule has 6 heteroatoms. The molecule has 0 saturated carbocycles. The van der Waals surface area contributed by atoms with Gasteiger partial charge < -0.3 is 14.5 Å². The zero-order valence-corrected chi connectivity index (χ0v) is 34.0. The summed E-state index contributed by atoms with van der Waals surface area (Å²) < 4.78 is 2.40. The molecule has 1 aliphatic rings. The summed E-state index contributed by atoms with van der Waals surface area (Å²) in [5.74, 6) is 1.12. The largest absolute Gasteiger partial charge is 0.354 e. The Morgan fingerprint density at radius 3 is 1.95 bits per heavy atom. The molecule has 1 aliphatic heterocycles. The van der Waals surface area contributed by atoms with Crippen LogP contribution in [0.3, 0.4) is 0 Å². The average Bonchev–Trinajstić information content (AvgIpc) is 3.84. The van der Waals surface area contributed by atoms with E-state index in [9.17, 15) is 0 Å². The highest BCUT2D eigenvalue weighted by Gasteiger charge is 2.38. The Hall–Kier alpha value is -7.83. The minimum atomic E-state index is -0.336. The van der Waals surface area contributed by atoms with Crippen molar-refractivity contribution in [2.24, 2.45) is 15.0 Å². The van der Waals surface area contributed by atoms with Crippen LogP contribution in [0.15, 0.2) is 203 Å². The molecule has 0 unspecified atom stereocenters. The highest BCUT2D eigenvalue weighted by molar-refractivity contribution is 6.15. The van der Waals surface area contributed by atoms with Gasteiger partial charge in [0, 0.05) is 60.5 Å². The first-order chi connectivity index (χ1) is 30.0. The minimum Gasteiger partial charge on any atom is -0.354 e. The van der Waals surface area contributed by atoms with E-state index in [1.165, 1.54) is 44.0 Å². The number of para-hydroxylation sites is 3. The maximum absolute atomic E-state index is 5.12. The van der Waals surface area contributed by atoms with Crippen molar-refractivity contribution in [3.05, 3.63) is 216 Å². The van der Waals surface area contributed by atoms with Crippen molar-refractivity contribution >= 4 is 79.1 Å². The fourth-order valence-electron chi connectivity index (χ4n) is 9.27. The van der Waals surface area contributed by atoms with Gasteiger partial charge in [0.1, 0.15) is 0 Å². The van der Waals surface area contributed by atoms with Crippen LogP contribution in [0.5, 0.6) is 0 Å². The second-order valence-electron chi connectivity index (χ2n) is 16.3. The second kappa shape index (κ2) is 14.5. The van der Waals surface area contributed by atoms with Crippen molar-refractivity contribution in [3.63, 3.8) is 0 Å². The summed E-state index contributed by atoms with van der Waals surface area (Å²) in [4.78, 5) is 20.8. The quantitative estimate of drug-likeness (QED) is 0.132. The van der Waals surface area contributed by atoms with E-state index in [1.807, 2.05) is 48.5 Å². The lowest BCUT2D eigenvalue weighted by molar-refractivity contribution is 0.633. The molecule has 0 saturated heterocycles. The number of rotatable bonds is 6. The van der Waals surface area contributed by atoms with Gasteiger partial charge in [-0.3, -0.25) is 4.99 Å². The highest BCUT2D eigenvalue weighted by Crippen LogP contribution is 2.55. The van der Waals surface area contributed by atoms with E-state index in [1.54, 1.807) is 0 Å². The van der Waals surface area contributed by atoms with E-state index in [2.05, 4.69) is 180 Å². The number of H-pyrrole nitrogens is 1. The molecular weight excluding hydrogens is 745 g/mol. The maximum Gasteiger partial charge on any atom is 0.161 e. The van der Waals surface area contributed by atoms with E-state index in [-0.39, 0.29) is 5.41 Å². The molecule has 1 N–H and O–H groups in total. The third-order valence-corrected chi connectivity index (χ3v) is 12.3. The van der Waals surface area contributed by atoms with Gasteiger partial charge >= 0.3 is 0 Å². The van der Waals surface area contributed by atoms with Gasteiger partial charge in [-0.05, 0) is 84.1 Å². The molecule has 11 rings (SSSR count). The molecule has 61 heavy (non-hydrogen) atoms. The fraction of sp³-hybridized carbons (Fsp3) is 0.0727. The molecular formula is C55H42N6. The van der Waals surface area contributed by atoms with Gasteiger partial charge in [0.25, 0.3) is 0 Å². The van der Waals surface area contributed by atoms with Gasteiger partial charge in [-0.1, -0.05) is 141 Å². The van der Waals surface area contributed by atoms with E-state index in [0.29, 0.717) is 18.2 Å². The van der Waals surface area contributed by atoms with Crippen LogP contribution in [0.1, 0.15) is 41.7 Å². The van der Waals surface area contributed by atoms with Crippen LogP contribution in [0, 0.1) is 0 Å². The Balaban J connectivity index is 1.13. The van der Waals surface area contributed by atoms with Gasteiger partial charge in [-0.25, -0.2) is 9.98 Å². The smallest absolute Gasteiger partial charge is 0.161 e. The number of fused-ring (bicyclic) bond motifs is 8. The summed E-state index contributed by atoms with van der Waals surface area (Å²) in [5.41, 5.74) is 14.1. The van der Waals surface area contributed by atoms with Gasteiger partial charge in [0.05, 0.1) is 29.0 Å². The van der Waals surface area contributed by atoms with Crippen LogP contribution >= 0.6 is 0 Å². The summed E-state index contributed by atoms with van der Waals surface area (Å²) in [7, 11) is 0. The maximum atomic E-state index is 5.12. The Labute approximate surface area is 354 Å². The minimum absolute atomic E-state index is 0.336. The third-order valence-electron chi connectivity index (χ3n) is 12.3. The topological polar surface area (TPSA) is 61.0 Å². The lowest BCUT2D eigenvalue weighted by atomic mass is 9.72. The first-order valence-electron chi connectivity index (χ1n) is 20.7. The monoisotopic (exact) mass is 786 g/mol. The van der Waals surface area contributed by atoms with Crippen molar-refractivity contribution in [1.82, 2.24) is 9.55 Å². The molecule has 0 bridgehead atoms. The number of anilines is 3. The van der Waals surface area contributed by atoms with Crippen molar-refractivity contribution in [2.45, 2.75) is 25.8 Å². The molecule has 8 aromatic carbocycles. The normalized spacial score (nSPS) is 13.8. The van der Waals surface area contributed by atoms with Crippen LogP contribution in [0.2, 0.25) is 0 Å². The SMILES string of the molecule is C=N/C(=N\C(=N/Cc1ccccc1)c1cccc(-n2c3ccccc3c3cc4c(cc32)C(C)(C)c2cc3c(cc2N4c2ccccc2)[nH]c2ccccc23)c1)c1ccccc1. The van der Waals surface area contributed by atoms with Crippen LogP contribution in [0.4, 0.5) is 17.1 Å². The Morgan fingerprint density at radius 1 is 0.525 bits per heavy atom. The van der Waals surface area contributed by atoms with Crippen molar-refractivity contribution in [2.75, 3.05) is 4.90 Å². The summed E-state index contributed by atoms with van der Waals surface area (Å²) in [6.07, 6.45) is 0. The molecule has 2 aromatic heterocycles. The number of hydrogen-bond donors (Lipinski definition) is 1. The van der Waals surface area contributed by atoms with Gasteiger partial charge in [-0.15, -0.1) is 0 Å². The lowest BCUT2D eigenvalue weighted by Gasteiger charge is -2.42. The van der Waals surface area contributed by atoms with Gasteiger partial charge in [0.2, 0.25) is 0 Å². The number of aliphatic imine (C=N–C) groups is 3. The number of benzene rings is 8. The van der Waals surface area contributed by atoms with Gasteiger partial charge in [0.15, 0.2) is 11.7 Å². The molecule has 3 heterocycles. The van der Waals surface area contributed by atoms with E-state index in [4.69, 9.17) is 9.98 Å². The summed E-state index contributed by atoms with van der Waals surface area (Å²) in [5, 5.41) is 4.84. The molecule has 0 fully saturated rings. The van der Waals surface area contributed by atoms with Crippen LogP contribution in [-0.4, -0.2) is 27.9 Å². The molecule has 6 nitrogen and oxygen atoms in total. The van der Waals surface area contributed by atoms with Crippen LogP contribution in [-0.2, 0) is 12.0 Å². The Bertz CT molecular complexity index is 3370. The molecule has 0 aliphatic carbocycles. The molecule has 292 valence electrons. The molecule has 0 radical (unpaired) electrons. The average molecular weight is 787 g/mol. The summed E-state index contributed by atoms with van der Waals surface area (Å²) >= 11 is 0. The number of nitrogens with zero attached hydrogens (tertiary/aromatic N) is 5. The molecule has 0 spiro atoms.